The molecule has 0 saturated heterocycles. The van der Waals surface area contributed by atoms with E-state index in [0.717, 1.165) is 0 Å². The van der Waals surface area contributed by atoms with Gasteiger partial charge in [-0.1, -0.05) is 0 Å². The summed E-state index contributed by atoms with van der Waals surface area (Å²) in [6, 6.07) is 0. The molecule has 0 saturated carbocycles. The molecule has 6 heteroatoms. The minimum Gasteiger partial charge on any atom is -0.473 e. The van der Waals surface area contributed by atoms with Crippen molar-refractivity contribution in [1.29, 1.82) is 0 Å². The van der Waals surface area contributed by atoms with Crippen molar-refractivity contribution in [3.8, 4) is 0 Å². The second kappa shape index (κ2) is 6.30. The summed E-state index contributed by atoms with van der Waals surface area (Å²) < 4.78 is 0. The molecule has 0 aliphatic carbocycles. The summed E-state index contributed by atoms with van der Waals surface area (Å²) in [5, 5.41) is 14.8. The monoisotopic (exact) mass is 144 g/mol. The predicted octanol–water partition coefficient (Wildman–Crippen LogP) is -0.634. The molecule has 0 heterocycles. The van der Waals surface area contributed by atoms with Crippen LogP contribution in [-0.2, 0) is 9.59 Å². The van der Waals surface area contributed by atoms with Crippen LogP contribution >= 0.6 is 9.90 Å². The lowest BCUT2D eigenvalue weighted by Gasteiger charge is -1.72. The van der Waals surface area contributed by atoms with Crippen molar-refractivity contribution in [2.24, 2.45) is 0 Å². The number of carboxylic acid groups (broad SMARTS) is 2. The van der Waals surface area contributed by atoms with E-state index in [1.807, 2.05) is 0 Å². The third kappa shape index (κ3) is 9.00. The zero-order valence-corrected chi connectivity index (χ0v) is 5.24. The van der Waals surface area contributed by atoms with Crippen LogP contribution in [0.1, 0.15) is 0 Å². The van der Waals surface area contributed by atoms with Gasteiger partial charge in [0, 0.05) is 0 Å². The fraction of sp³-hybridized carbons (Fsp3) is 0. The number of carboxylic acids is 2. The fourth-order valence-corrected chi connectivity index (χ4v) is 0. The minimum atomic E-state index is -1.82. The standard InChI is InChI=1S/C2H2O4.FH.H3P/c3-1(4)2(5)6;;/h(H,3,4)(H,5,6);1H;1H3. The molecule has 0 spiro atoms. The zero-order chi connectivity index (χ0) is 5.15. The number of aliphatic carboxylic acids is 2. The summed E-state index contributed by atoms with van der Waals surface area (Å²) in [6.45, 7) is 0. The molecule has 0 rings (SSSR count). The van der Waals surface area contributed by atoms with Crippen molar-refractivity contribution in [3.05, 3.63) is 0 Å². The SMILES string of the molecule is F.O=C(O)C(=O)O.P. The first-order chi connectivity index (χ1) is 2.64. The molecule has 0 amide bonds. The van der Waals surface area contributed by atoms with E-state index in [0.29, 0.717) is 0 Å². The third-order valence-corrected chi connectivity index (χ3v) is 0.183. The van der Waals surface area contributed by atoms with Crippen LogP contribution in [-0.4, -0.2) is 22.2 Å². The quantitative estimate of drug-likeness (QED) is 0.350. The highest BCUT2D eigenvalue weighted by Crippen LogP contribution is 1.56. The van der Waals surface area contributed by atoms with Crippen molar-refractivity contribution in [3.63, 3.8) is 0 Å². The Balaban J connectivity index is -0.000000125. The van der Waals surface area contributed by atoms with Crippen molar-refractivity contribution < 1.29 is 24.5 Å². The van der Waals surface area contributed by atoms with Gasteiger partial charge in [-0.15, -0.1) is 0 Å². The van der Waals surface area contributed by atoms with Crippen LogP contribution in [0, 0.1) is 0 Å². The molecular formula is C2H6FO4P. The van der Waals surface area contributed by atoms with Crippen LogP contribution in [0.5, 0.6) is 0 Å². The van der Waals surface area contributed by atoms with Crippen LogP contribution < -0.4 is 0 Å². The molecule has 0 aromatic rings. The first-order valence-corrected chi connectivity index (χ1v) is 1.11. The van der Waals surface area contributed by atoms with Gasteiger partial charge in [-0.3, -0.25) is 4.70 Å². The van der Waals surface area contributed by atoms with E-state index in [4.69, 9.17) is 19.8 Å². The van der Waals surface area contributed by atoms with Gasteiger partial charge in [0.05, 0.1) is 0 Å². The Morgan fingerprint density at radius 3 is 1.12 bits per heavy atom. The maximum absolute atomic E-state index is 9.10. The van der Waals surface area contributed by atoms with Crippen LogP contribution in [0.15, 0.2) is 0 Å². The normalized spacial score (nSPS) is 5.50. The Hall–Kier alpha value is -0.700. The number of rotatable bonds is 0. The molecule has 0 aliphatic heterocycles. The van der Waals surface area contributed by atoms with Gasteiger partial charge in [-0.2, -0.15) is 9.90 Å². The predicted molar refractivity (Wildman–Crippen MR) is 28.9 cm³/mol. The average Bonchev–Trinajstić information content (AvgIpc) is 1.36. The van der Waals surface area contributed by atoms with Gasteiger partial charge in [0.2, 0.25) is 0 Å². The Bertz CT molecular complexity index is 80.0. The largest absolute Gasteiger partial charge is 0.473 e. The molecule has 0 aliphatic rings. The maximum Gasteiger partial charge on any atom is 0.414 e. The lowest BCUT2D eigenvalue weighted by molar-refractivity contribution is -0.159. The number of halogens is 1. The molecule has 8 heavy (non-hydrogen) atoms. The molecule has 0 bridgehead atoms. The Morgan fingerprint density at radius 2 is 1.12 bits per heavy atom. The van der Waals surface area contributed by atoms with Crippen molar-refractivity contribution in [2.45, 2.75) is 0 Å². The number of hydrogen-bond acceptors (Lipinski definition) is 2. The second-order valence-electron chi connectivity index (χ2n) is 0.610. The topological polar surface area (TPSA) is 74.6 Å². The van der Waals surface area contributed by atoms with E-state index >= 15 is 0 Å². The van der Waals surface area contributed by atoms with E-state index in [9.17, 15) is 0 Å². The molecule has 50 valence electrons. The Kier molecular flexibility index (Phi) is 12.3. The average molecular weight is 144 g/mol. The van der Waals surface area contributed by atoms with E-state index in [1.54, 1.807) is 0 Å². The summed E-state index contributed by atoms with van der Waals surface area (Å²) >= 11 is 0. The van der Waals surface area contributed by atoms with E-state index in [1.165, 1.54) is 0 Å². The lowest BCUT2D eigenvalue weighted by atomic mass is 10.7. The molecule has 0 fully saturated rings. The lowest BCUT2D eigenvalue weighted by Crippen LogP contribution is -2.09. The number of carbonyl (C=O) groups is 2. The molecular weight excluding hydrogens is 138 g/mol. The van der Waals surface area contributed by atoms with Crippen molar-refractivity contribution in [2.75, 3.05) is 0 Å². The molecule has 0 radical (unpaired) electrons. The fourth-order valence-electron chi connectivity index (χ4n) is 0. The first-order valence-electron chi connectivity index (χ1n) is 1.11. The van der Waals surface area contributed by atoms with Crippen LogP contribution in [0.4, 0.5) is 4.70 Å². The summed E-state index contributed by atoms with van der Waals surface area (Å²) in [7, 11) is 0. The minimum absolute atomic E-state index is 0. The zero-order valence-electron chi connectivity index (χ0n) is 3.83. The molecule has 0 aromatic carbocycles. The van der Waals surface area contributed by atoms with Gasteiger partial charge in [-0.25, -0.2) is 9.59 Å². The van der Waals surface area contributed by atoms with E-state index in [-0.39, 0.29) is 14.6 Å². The maximum atomic E-state index is 9.10. The van der Waals surface area contributed by atoms with Gasteiger partial charge >= 0.3 is 11.9 Å². The highest BCUT2D eigenvalue weighted by molar-refractivity contribution is 6.92. The van der Waals surface area contributed by atoms with Gasteiger partial charge in [-0.05, 0) is 0 Å². The molecule has 0 aromatic heterocycles. The summed E-state index contributed by atoms with van der Waals surface area (Å²) in [5.74, 6) is -3.65. The summed E-state index contributed by atoms with van der Waals surface area (Å²) in [6.07, 6.45) is 0. The summed E-state index contributed by atoms with van der Waals surface area (Å²) in [5.41, 5.74) is 0. The first kappa shape index (κ1) is 15.7. The van der Waals surface area contributed by atoms with Gasteiger partial charge in [0.1, 0.15) is 0 Å². The molecule has 1 unspecified atom stereocenters. The third-order valence-electron chi connectivity index (χ3n) is 0.183. The van der Waals surface area contributed by atoms with Crippen LogP contribution in [0.3, 0.4) is 0 Å². The van der Waals surface area contributed by atoms with Gasteiger partial charge in [0.25, 0.3) is 0 Å². The molecule has 2 N–H and O–H groups in total. The van der Waals surface area contributed by atoms with E-state index in [2.05, 4.69) is 0 Å². The Morgan fingerprint density at radius 1 is 1.00 bits per heavy atom. The highest BCUT2D eigenvalue weighted by atomic mass is 31.0. The number of hydrogen-bond donors (Lipinski definition) is 2. The smallest absolute Gasteiger partial charge is 0.414 e. The Labute approximate surface area is 47.5 Å². The molecule has 1 atom stereocenters. The highest BCUT2D eigenvalue weighted by Gasteiger charge is 2.04. The van der Waals surface area contributed by atoms with Crippen molar-refractivity contribution in [1.82, 2.24) is 0 Å². The second-order valence-corrected chi connectivity index (χ2v) is 0.610. The van der Waals surface area contributed by atoms with Crippen molar-refractivity contribution >= 4 is 21.8 Å². The van der Waals surface area contributed by atoms with Gasteiger partial charge < -0.3 is 10.2 Å². The van der Waals surface area contributed by atoms with Gasteiger partial charge in [0.15, 0.2) is 0 Å². The van der Waals surface area contributed by atoms with Crippen LogP contribution in [0.2, 0.25) is 0 Å². The van der Waals surface area contributed by atoms with Crippen LogP contribution in [0.25, 0.3) is 0 Å². The molecule has 4 nitrogen and oxygen atoms in total. The summed E-state index contributed by atoms with van der Waals surface area (Å²) in [4.78, 5) is 18.2. The van der Waals surface area contributed by atoms with E-state index < -0.39 is 11.9 Å².